The molecule has 0 bridgehead atoms. The first-order valence-electron chi connectivity index (χ1n) is 5.00. The maximum absolute atomic E-state index is 11.8. The van der Waals surface area contributed by atoms with E-state index >= 15 is 0 Å². The number of ether oxygens (including phenoxy) is 1. The van der Waals surface area contributed by atoms with E-state index in [1.807, 2.05) is 6.26 Å². The minimum absolute atomic E-state index is 0.165. The van der Waals surface area contributed by atoms with E-state index in [1.165, 1.54) is 30.2 Å². The third-order valence-electron chi connectivity index (χ3n) is 2.10. The molecule has 0 atom stereocenters. The van der Waals surface area contributed by atoms with Gasteiger partial charge >= 0.3 is 5.97 Å². The Balaban J connectivity index is 3.15. The molecule has 0 unspecified atom stereocenters. The summed E-state index contributed by atoms with van der Waals surface area (Å²) in [6, 6.07) is 0. The van der Waals surface area contributed by atoms with Gasteiger partial charge in [0, 0.05) is 6.54 Å². The summed E-state index contributed by atoms with van der Waals surface area (Å²) in [6.07, 6.45) is 3.38. The Labute approximate surface area is 113 Å². The Hall–Kier alpha value is -1.47. The zero-order valence-electron chi connectivity index (χ0n) is 10.1. The number of methoxy groups -OCH3 is 1. The van der Waals surface area contributed by atoms with E-state index in [1.54, 1.807) is 6.08 Å². The fourth-order valence-corrected chi connectivity index (χ4v) is 3.11. The van der Waals surface area contributed by atoms with Crippen molar-refractivity contribution in [2.75, 3.05) is 25.6 Å². The second-order valence-electron chi connectivity index (χ2n) is 3.20. The number of carbonyl (C=O) groups is 2. The summed E-state index contributed by atoms with van der Waals surface area (Å²) in [7, 11) is 1.28. The molecular weight excluding hydrogens is 272 g/mol. The van der Waals surface area contributed by atoms with Crippen LogP contribution in [0.5, 0.6) is 0 Å². The topological polar surface area (TPSA) is 81.4 Å². The second kappa shape index (κ2) is 6.46. The van der Waals surface area contributed by atoms with Crippen LogP contribution < -0.4 is 11.1 Å². The highest BCUT2D eigenvalue weighted by atomic mass is 32.2. The SMILES string of the molecule is C=CCNC(=O)c1sc(SC)c(C(=O)OC)c1N. The van der Waals surface area contributed by atoms with E-state index in [-0.39, 0.29) is 17.2 Å². The third kappa shape index (κ3) is 2.85. The first-order valence-corrected chi connectivity index (χ1v) is 7.04. The van der Waals surface area contributed by atoms with Crippen LogP contribution in [0.25, 0.3) is 0 Å². The van der Waals surface area contributed by atoms with Crippen LogP contribution in [-0.2, 0) is 4.74 Å². The smallest absolute Gasteiger partial charge is 0.342 e. The van der Waals surface area contributed by atoms with Crippen LogP contribution in [0.3, 0.4) is 0 Å². The number of carbonyl (C=O) groups excluding carboxylic acids is 2. The summed E-state index contributed by atoms with van der Waals surface area (Å²) in [5.41, 5.74) is 6.27. The van der Waals surface area contributed by atoms with Crippen LogP contribution in [0.1, 0.15) is 20.0 Å². The fourth-order valence-electron chi connectivity index (χ4n) is 1.28. The zero-order chi connectivity index (χ0) is 13.7. The number of anilines is 1. The standard InChI is InChI=1S/C11H14N2O3S2/c1-4-5-13-9(14)8-7(12)6(10(15)16-2)11(17-3)18-8/h4H,1,5,12H2,2-3H3,(H,13,14). The van der Waals surface area contributed by atoms with Crippen LogP contribution in [0.2, 0.25) is 0 Å². The van der Waals surface area contributed by atoms with Crippen molar-refractivity contribution in [3.05, 3.63) is 23.1 Å². The van der Waals surface area contributed by atoms with Crippen molar-refractivity contribution in [1.29, 1.82) is 0 Å². The van der Waals surface area contributed by atoms with Gasteiger partial charge in [-0.2, -0.15) is 0 Å². The quantitative estimate of drug-likeness (QED) is 0.489. The van der Waals surface area contributed by atoms with Gasteiger partial charge in [-0.05, 0) is 6.26 Å². The van der Waals surface area contributed by atoms with Crippen LogP contribution in [-0.4, -0.2) is 31.8 Å². The van der Waals surface area contributed by atoms with E-state index in [0.717, 1.165) is 0 Å². The fraction of sp³-hybridized carbons (Fsp3) is 0.273. The molecule has 3 N–H and O–H groups in total. The molecule has 1 amide bonds. The lowest BCUT2D eigenvalue weighted by Gasteiger charge is -2.02. The minimum atomic E-state index is -0.532. The molecule has 98 valence electrons. The Morgan fingerprint density at radius 1 is 1.61 bits per heavy atom. The van der Waals surface area contributed by atoms with Gasteiger partial charge in [0.25, 0.3) is 5.91 Å². The molecule has 5 nitrogen and oxygen atoms in total. The minimum Gasteiger partial charge on any atom is -0.465 e. The highest BCUT2D eigenvalue weighted by molar-refractivity contribution is 8.00. The van der Waals surface area contributed by atoms with Crippen molar-refractivity contribution in [2.45, 2.75) is 4.21 Å². The van der Waals surface area contributed by atoms with Gasteiger partial charge in [-0.3, -0.25) is 4.79 Å². The highest BCUT2D eigenvalue weighted by Crippen LogP contribution is 2.37. The van der Waals surface area contributed by atoms with Crippen LogP contribution in [0, 0.1) is 0 Å². The van der Waals surface area contributed by atoms with Crippen molar-refractivity contribution in [2.24, 2.45) is 0 Å². The van der Waals surface area contributed by atoms with Gasteiger partial charge in [-0.1, -0.05) is 6.08 Å². The van der Waals surface area contributed by atoms with Gasteiger partial charge < -0.3 is 15.8 Å². The van der Waals surface area contributed by atoms with E-state index in [2.05, 4.69) is 16.6 Å². The summed E-state index contributed by atoms with van der Waals surface area (Å²) in [5.74, 6) is -0.848. The number of esters is 1. The number of rotatable bonds is 5. The summed E-state index contributed by atoms with van der Waals surface area (Å²) < 4.78 is 5.33. The predicted octanol–water partition coefficient (Wildman–Crippen LogP) is 1.75. The second-order valence-corrected chi connectivity index (χ2v) is 5.30. The van der Waals surface area contributed by atoms with E-state index in [9.17, 15) is 9.59 Å². The number of amides is 1. The number of hydrogen-bond donors (Lipinski definition) is 2. The van der Waals surface area contributed by atoms with E-state index in [4.69, 9.17) is 5.73 Å². The van der Waals surface area contributed by atoms with Gasteiger partial charge in [-0.25, -0.2) is 4.79 Å². The van der Waals surface area contributed by atoms with Crippen molar-refractivity contribution >= 4 is 40.7 Å². The molecule has 1 aromatic rings. The van der Waals surface area contributed by atoms with Gasteiger partial charge in [-0.15, -0.1) is 29.7 Å². The van der Waals surface area contributed by atoms with Gasteiger partial charge in [0.15, 0.2) is 0 Å². The van der Waals surface area contributed by atoms with Crippen molar-refractivity contribution in [3.8, 4) is 0 Å². The number of nitrogens with one attached hydrogen (secondary N) is 1. The summed E-state index contributed by atoms with van der Waals surface area (Å²) in [6.45, 7) is 3.85. The molecule has 0 aliphatic heterocycles. The highest BCUT2D eigenvalue weighted by Gasteiger charge is 2.25. The molecule has 1 rings (SSSR count). The molecule has 0 saturated heterocycles. The number of thiophene rings is 1. The molecule has 1 heterocycles. The average Bonchev–Trinajstić information content (AvgIpc) is 2.72. The van der Waals surface area contributed by atoms with Crippen LogP contribution in [0.4, 0.5) is 5.69 Å². The zero-order valence-corrected chi connectivity index (χ0v) is 11.7. The maximum Gasteiger partial charge on any atom is 0.342 e. The Morgan fingerprint density at radius 3 is 2.78 bits per heavy atom. The van der Waals surface area contributed by atoms with Gasteiger partial charge in [0.1, 0.15) is 10.4 Å². The van der Waals surface area contributed by atoms with Gasteiger partial charge in [0.05, 0.1) is 17.0 Å². The Morgan fingerprint density at radius 2 is 2.28 bits per heavy atom. The first kappa shape index (κ1) is 14.6. The van der Waals surface area contributed by atoms with Gasteiger partial charge in [0.2, 0.25) is 0 Å². The molecule has 0 spiro atoms. The molecular formula is C11H14N2O3S2. The van der Waals surface area contributed by atoms with E-state index < -0.39 is 5.97 Å². The molecule has 7 heteroatoms. The molecule has 18 heavy (non-hydrogen) atoms. The normalized spacial score (nSPS) is 9.89. The number of hydrogen-bond acceptors (Lipinski definition) is 6. The average molecular weight is 286 g/mol. The molecule has 0 aliphatic rings. The summed E-state index contributed by atoms with van der Waals surface area (Å²) in [4.78, 5) is 23.8. The summed E-state index contributed by atoms with van der Waals surface area (Å²) >= 11 is 2.53. The maximum atomic E-state index is 11.8. The lowest BCUT2D eigenvalue weighted by molar-refractivity contribution is 0.0599. The number of nitrogens with two attached hydrogens (primary N) is 1. The van der Waals surface area contributed by atoms with E-state index in [0.29, 0.717) is 15.6 Å². The monoisotopic (exact) mass is 286 g/mol. The third-order valence-corrected chi connectivity index (χ3v) is 4.42. The van der Waals surface area contributed by atoms with Crippen molar-refractivity contribution in [3.63, 3.8) is 0 Å². The van der Waals surface area contributed by atoms with Crippen molar-refractivity contribution < 1.29 is 14.3 Å². The van der Waals surface area contributed by atoms with Crippen LogP contribution >= 0.6 is 23.1 Å². The molecule has 1 aromatic heterocycles. The van der Waals surface area contributed by atoms with Crippen LogP contribution in [0.15, 0.2) is 16.9 Å². The van der Waals surface area contributed by atoms with Crippen molar-refractivity contribution in [1.82, 2.24) is 5.32 Å². The lowest BCUT2D eigenvalue weighted by atomic mass is 10.2. The lowest BCUT2D eigenvalue weighted by Crippen LogP contribution is -2.23. The predicted molar refractivity (Wildman–Crippen MR) is 74.4 cm³/mol. The first-order chi connectivity index (χ1) is 8.56. The largest absolute Gasteiger partial charge is 0.465 e. The molecule has 0 aliphatic carbocycles. The number of thioether (sulfide) groups is 1. The molecule has 0 aromatic carbocycles. The summed E-state index contributed by atoms with van der Waals surface area (Å²) in [5, 5.41) is 2.62. The Kier molecular flexibility index (Phi) is 5.24. The molecule has 0 radical (unpaired) electrons. The molecule has 0 saturated carbocycles. The number of nitrogen functional groups attached to an aromatic ring is 1. The molecule has 0 fully saturated rings. The Bertz CT molecular complexity index is 483.